The lowest BCUT2D eigenvalue weighted by atomic mass is 10.1. The van der Waals surface area contributed by atoms with Crippen molar-refractivity contribution in [3.05, 3.63) is 0 Å². The summed E-state index contributed by atoms with van der Waals surface area (Å²) < 4.78 is 0. The molecule has 0 saturated carbocycles. The SMILES string of the molecule is OCC1N[C@H](CO)[C@H](O)[C@@H]1O. The van der Waals surface area contributed by atoms with Crippen LogP contribution in [0.3, 0.4) is 0 Å². The van der Waals surface area contributed by atoms with Crippen LogP contribution < -0.4 is 5.32 Å². The Morgan fingerprint density at radius 3 is 1.45 bits per heavy atom. The summed E-state index contributed by atoms with van der Waals surface area (Å²) in [5.74, 6) is 0. The Labute approximate surface area is 64.3 Å². The van der Waals surface area contributed by atoms with Crippen LogP contribution in [0.1, 0.15) is 0 Å². The van der Waals surface area contributed by atoms with Gasteiger partial charge in [0.1, 0.15) is 0 Å². The largest absolute Gasteiger partial charge is 0.395 e. The summed E-state index contributed by atoms with van der Waals surface area (Å²) in [6.45, 7) is -0.483. The van der Waals surface area contributed by atoms with Gasteiger partial charge in [0.2, 0.25) is 0 Å². The summed E-state index contributed by atoms with van der Waals surface area (Å²) >= 11 is 0. The van der Waals surface area contributed by atoms with Crippen molar-refractivity contribution in [3.63, 3.8) is 0 Å². The van der Waals surface area contributed by atoms with Crippen LogP contribution in [0.5, 0.6) is 0 Å². The molecule has 0 aromatic carbocycles. The molecule has 1 fully saturated rings. The van der Waals surface area contributed by atoms with E-state index >= 15 is 0 Å². The van der Waals surface area contributed by atoms with Crippen LogP contribution in [0, 0.1) is 0 Å². The molecule has 1 unspecified atom stereocenters. The van der Waals surface area contributed by atoms with Gasteiger partial charge < -0.3 is 25.7 Å². The van der Waals surface area contributed by atoms with Gasteiger partial charge in [-0.15, -0.1) is 0 Å². The summed E-state index contributed by atoms with van der Waals surface area (Å²) in [5.41, 5.74) is 0. The van der Waals surface area contributed by atoms with Crippen molar-refractivity contribution in [1.29, 1.82) is 0 Å². The summed E-state index contributed by atoms with van der Waals surface area (Å²) in [6, 6.07) is -1.05. The third-order valence-corrected chi connectivity index (χ3v) is 2.00. The van der Waals surface area contributed by atoms with Gasteiger partial charge in [-0.25, -0.2) is 0 Å². The van der Waals surface area contributed by atoms with E-state index in [0.29, 0.717) is 0 Å². The minimum atomic E-state index is -0.989. The third-order valence-electron chi connectivity index (χ3n) is 2.00. The maximum atomic E-state index is 9.18. The zero-order valence-electron chi connectivity index (χ0n) is 6.01. The van der Waals surface area contributed by atoms with Gasteiger partial charge >= 0.3 is 0 Å². The predicted molar refractivity (Wildman–Crippen MR) is 36.9 cm³/mol. The second-order valence-electron chi connectivity index (χ2n) is 2.73. The first-order chi connectivity index (χ1) is 5.20. The van der Waals surface area contributed by atoms with Gasteiger partial charge in [0.25, 0.3) is 0 Å². The Hall–Kier alpha value is -0.200. The van der Waals surface area contributed by atoms with Gasteiger partial charge in [0.15, 0.2) is 0 Å². The number of hydrogen-bond donors (Lipinski definition) is 5. The van der Waals surface area contributed by atoms with Gasteiger partial charge in [-0.2, -0.15) is 0 Å². The average molecular weight is 163 g/mol. The van der Waals surface area contributed by atoms with E-state index in [4.69, 9.17) is 10.2 Å². The Balaban J connectivity index is 2.53. The van der Waals surface area contributed by atoms with Crippen molar-refractivity contribution >= 4 is 0 Å². The molecule has 11 heavy (non-hydrogen) atoms. The molecule has 0 aromatic rings. The summed E-state index contributed by atoms with van der Waals surface area (Å²) in [7, 11) is 0. The normalized spacial score (nSPS) is 44.7. The number of aliphatic hydroxyl groups is 4. The molecule has 0 spiro atoms. The average Bonchev–Trinajstić information content (AvgIpc) is 2.30. The van der Waals surface area contributed by atoms with Gasteiger partial charge in [0, 0.05) is 0 Å². The molecule has 0 aromatic heterocycles. The summed E-state index contributed by atoms with van der Waals surface area (Å²) in [5, 5.41) is 38.3. The van der Waals surface area contributed by atoms with E-state index in [2.05, 4.69) is 5.32 Å². The second kappa shape index (κ2) is 3.46. The van der Waals surface area contributed by atoms with E-state index in [9.17, 15) is 10.2 Å². The highest BCUT2D eigenvalue weighted by molar-refractivity contribution is 4.97. The van der Waals surface area contributed by atoms with Crippen molar-refractivity contribution in [2.75, 3.05) is 13.2 Å². The van der Waals surface area contributed by atoms with Crippen LogP contribution in [0.25, 0.3) is 0 Å². The van der Waals surface area contributed by atoms with E-state index < -0.39 is 24.3 Å². The summed E-state index contributed by atoms with van der Waals surface area (Å²) in [4.78, 5) is 0. The molecule has 5 nitrogen and oxygen atoms in total. The van der Waals surface area contributed by atoms with Crippen molar-refractivity contribution in [3.8, 4) is 0 Å². The Morgan fingerprint density at radius 1 is 0.909 bits per heavy atom. The second-order valence-corrected chi connectivity index (χ2v) is 2.73. The highest BCUT2D eigenvalue weighted by Crippen LogP contribution is 2.13. The molecule has 1 aliphatic rings. The van der Waals surface area contributed by atoms with Crippen LogP contribution in [-0.2, 0) is 0 Å². The molecule has 1 saturated heterocycles. The Kier molecular flexibility index (Phi) is 2.80. The lowest BCUT2D eigenvalue weighted by Gasteiger charge is -2.12. The van der Waals surface area contributed by atoms with Crippen LogP contribution in [-0.4, -0.2) is 57.9 Å². The molecule has 4 atom stereocenters. The highest BCUT2D eigenvalue weighted by atomic mass is 16.3. The van der Waals surface area contributed by atoms with E-state index in [1.165, 1.54) is 0 Å². The van der Waals surface area contributed by atoms with Crippen molar-refractivity contribution < 1.29 is 20.4 Å². The number of nitrogens with one attached hydrogen (secondary N) is 1. The molecule has 0 bridgehead atoms. The smallest absolute Gasteiger partial charge is 0.0990 e. The topological polar surface area (TPSA) is 93.0 Å². The fourth-order valence-electron chi connectivity index (χ4n) is 1.27. The van der Waals surface area contributed by atoms with Crippen molar-refractivity contribution in [2.45, 2.75) is 24.3 Å². The van der Waals surface area contributed by atoms with Gasteiger partial charge in [-0.05, 0) is 0 Å². The molecule has 5 heteroatoms. The fourth-order valence-corrected chi connectivity index (χ4v) is 1.27. The maximum Gasteiger partial charge on any atom is 0.0990 e. The molecular formula is C6H13NO4. The molecule has 1 aliphatic heterocycles. The molecule has 0 radical (unpaired) electrons. The number of hydrogen-bond acceptors (Lipinski definition) is 5. The lowest BCUT2D eigenvalue weighted by molar-refractivity contribution is 0.0130. The maximum absolute atomic E-state index is 9.18. The van der Waals surface area contributed by atoms with Gasteiger partial charge in [0.05, 0.1) is 37.5 Å². The van der Waals surface area contributed by atoms with Crippen LogP contribution in [0.4, 0.5) is 0 Å². The first-order valence-electron chi connectivity index (χ1n) is 3.54. The molecule has 1 rings (SSSR count). The molecule has 1 heterocycles. The van der Waals surface area contributed by atoms with Gasteiger partial charge in [-0.3, -0.25) is 0 Å². The first kappa shape index (κ1) is 8.89. The minimum absolute atomic E-state index is 0.241. The summed E-state index contributed by atoms with van der Waals surface area (Å²) in [6.07, 6.45) is -1.98. The zero-order valence-corrected chi connectivity index (χ0v) is 6.01. The van der Waals surface area contributed by atoms with Crippen LogP contribution in [0.15, 0.2) is 0 Å². The predicted octanol–water partition coefficient (Wildman–Crippen LogP) is -2.97. The monoisotopic (exact) mass is 163 g/mol. The zero-order chi connectivity index (χ0) is 8.43. The molecule has 66 valence electrons. The van der Waals surface area contributed by atoms with E-state index in [1.54, 1.807) is 0 Å². The van der Waals surface area contributed by atoms with Gasteiger partial charge in [-0.1, -0.05) is 0 Å². The van der Waals surface area contributed by atoms with Crippen LogP contribution in [0.2, 0.25) is 0 Å². The number of aliphatic hydroxyl groups excluding tert-OH is 4. The van der Waals surface area contributed by atoms with Crippen molar-refractivity contribution in [1.82, 2.24) is 5.32 Å². The fraction of sp³-hybridized carbons (Fsp3) is 1.00. The Morgan fingerprint density at radius 2 is 1.27 bits per heavy atom. The van der Waals surface area contributed by atoms with Crippen molar-refractivity contribution in [2.24, 2.45) is 0 Å². The highest BCUT2D eigenvalue weighted by Gasteiger charge is 2.39. The quantitative estimate of drug-likeness (QED) is 0.300. The van der Waals surface area contributed by atoms with Crippen LogP contribution >= 0.6 is 0 Å². The van der Waals surface area contributed by atoms with E-state index in [0.717, 1.165) is 0 Å². The lowest BCUT2D eigenvalue weighted by Crippen LogP contribution is -2.37. The van der Waals surface area contributed by atoms with E-state index in [-0.39, 0.29) is 13.2 Å². The van der Waals surface area contributed by atoms with E-state index in [1.807, 2.05) is 0 Å². The third kappa shape index (κ3) is 1.52. The Bertz CT molecular complexity index is 114. The number of rotatable bonds is 2. The first-order valence-corrected chi connectivity index (χ1v) is 3.54. The molecule has 0 aliphatic carbocycles. The minimum Gasteiger partial charge on any atom is -0.395 e. The molecule has 0 amide bonds. The standard InChI is InChI=1S/C6H13NO4/c8-1-3-5(10)6(11)4(2-9)7-3/h3-11H,1-2H2/t3-,4?,5+,6-/m1/s1. The molecular weight excluding hydrogens is 150 g/mol. The molecule has 5 N–H and O–H groups in total.